The van der Waals surface area contributed by atoms with Crippen molar-refractivity contribution in [1.29, 1.82) is 0 Å². The summed E-state index contributed by atoms with van der Waals surface area (Å²) in [5.74, 6) is 0.944. The molecule has 3 heterocycles. The van der Waals surface area contributed by atoms with E-state index in [1.165, 1.54) is 12.8 Å². The summed E-state index contributed by atoms with van der Waals surface area (Å²) < 4.78 is 0. The number of anilines is 1. The van der Waals surface area contributed by atoms with Crippen LogP contribution in [-0.4, -0.2) is 53.1 Å². The zero-order valence-electron chi connectivity index (χ0n) is 11.7. The normalized spacial score (nSPS) is 27.6. The van der Waals surface area contributed by atoms with Crippen LogP contribution in [0.3, 0.4) is 0 Å². The molecule has 0 radical (unpaired) electrons. The molecule has 0 aromatic carbocycles. The van der Waals surface area contributed by atoms with Crippen LogP contribution in [0.25, 0.3) is 0 Å². The average molecular weight is 275 g/mol. The van der Waals surface area contributed by atoms with Crippen molar-refractivity contribution in [3.05, 3.63) is 23.9 Å². The summed E-state index contributed by atoms with van der Waals surface area (Å²) in [5.41, 5.74) is 6.47. The van der Waals surface area contributed by atoms with E-state index in [2.05, 4.69) is 27.0 Å². The highest BCUT2D eigenvalue weighted by Gasteiger charge is 2.35. The van der Waals surface area contributed by atoms with Crippen LogP contribution in [-0.2, 0) is 0 Å². The standard InChI is InChI=1S/C14H21N5O/c1-18-10-4-5-11(18)9-19(8-6-10)14-12(13(15)17-20)3-2-7-16-14/h2-3,7,10-11,20H,4-6,8-9H2,1H3,(H2,15,17). The fraction of sp³-hybridized carbons (Fsp3) is 0.571. The first-order valence-electron chi connectivity index (χ1n) is 7.10. The Hall–Kier alpha value is -1.82. The van der Waals surface area contributed by atoms with Gasteiger partial charge in [-0.25, -0.2) is 4.98 Å². The van der Waals surface area contributed by atoms with Crippen LogP contribution in [0.1, 0.15) is 24.8 Å². The van der Waals surface area contributed by atoms with Gasteiger partial charge in [-0.15, -0.1) is 0 Å². The minimum atomic E-state index is 0.121. The summed E-state index contributed by atoms with van der Waals surface area (Å²) in [6, 6.07) is 4.92. The second kappa shape index (κ2) is 5.28. The van der Waals surface area contributed by atoms with E-state index in [-0.39, 0.29) is 5.84 Å². The Morgan fingerprint density at radius 2 is 2.20 bits per heavy atom. The van der Waals surface area contributed by atoms with Crippen molar-refractivity contribution in [2.45, 2.75) is 31.3 Å². The molecular weight excluding hydrogens is 254 g/mol. The Labute approximate surface area is 118 Å². The van der Waals surface area contributed by atoms with Gasteiger partial charge in [0.1, 0.15) is 5.82 Å². The maximum atomic E-state index is 8.92. The minimum Gasteiger partial charge on any atom is -0.409 e. The topological polar surface area (TPSA) is 78.0 Å². The van der Waals surface area contributed by atoms with Gasteiger partial charge in [0.25, 0.3) is 0 Å². The predicted octanol–water partition coefficient (Wildman–Crippen LogP) is 0.849. The maximum Gasteiger partial charge on any atom is 0.173 e. The summed E-state index contributed by atoms with van der Waals surface area (Å²) in [6.45, 7) is 1.92. The molecule has 108 valence electrons. The lowest BCUT2D eigenvalue weighted by molar-refractivity contribution is 0.254. The van der Waals surface area contributed by atoms with Crippen molar-refractivity contribution < 1.29 is 5.21 Å². The third-order valence-electron chi connectivity index (χ3n) is 4.62. The largest absolute Gasteiger partial charge is 0.409 e. The van der Waals surface area contributed by atoms with E-state index < -0.39 is 0 Å². The van der Waals surface area contributed by atoms with Crippen LogP contribution in [0.2, 0.25) is 0 Å². The average Bonchev–Trinajstić information content (AvgIpc) is 2.71. The van der Waals surface area contributed by atoms with Crippen molar-refractivity contribution in [3.63, 3.8) is 0 Å². The maximum absolute atomic E-state index is 8.92. The van der Waals surface area contributed by atoms with Crippen molar-refractivity contribution in [2.24, 2.45) is 10.9 Å². The van der Waals surface area contributed by atoms with Gasteiger partial charge in [-0.2, -0.15) is 0 Å². The van der Waals surface area contributed by atoms with E-state index in [4.69, 9.17) is 10.9 Å². The molecular formula is C14H21N5O. The van der Waals surface area contributed by atoms with Crippen LogP contribution < -0.4 is 10.6 Å². The number of fused-ring (bicyclic) bond motifs is 2. The smallest absolute Gasteiger partial charge is 0.173 e. The number of aromatic nitrogens is 1. The first kappa shape index (κ1) is 13.2. The molecule has 2 aliphatic heterocycles. The molecule has 3 N–H and O–H groups in total. The molecule has 1 aromatic heterocycles. The number of nitrogens with zero attached hydrogens (tertiary/aromatic N) is 4. The number of rotatable bonds is 2. The molecule has 1 aromatic rings. The van der Waals surface area contributed by atoms with E-state index in [0.29, 0.717) is 17.6 Å². The summed E-state index contributed by atoms with van der Waals surface area (Å²) in [6.07, 6.45) is 5.43. The molecule has 2 atom stereocenters. The molecule has 2 saturated heterocycles. The van der Waals surface area contributed by atoms with E-state index in [1.54, 1.807) is 6.20 Å². The quantitative estimate of drug-likeness (QED) is 0.362. The van der Waals surface area contributed by atoms with Gasteiger partial charge < -0.3 is 15.8 Å². The lowest BCUT2D eigenvalue weighted by atomic mass is 10.1. The first-order chi connectivity index (χ1) is 9.70. The molecule has 2 fully saturated rings. The summed E-state index contributed by atoms with van der Waals surface area (Å²) in [7, 11) is 2.22. The predicted molar refractivity (Wildman–Crippen MR) is 78.2 cm³/mol. The van der Waals surface area contributed by atoms with Gasteiger partial charge >= 0.3 is 0 Å². The van der Waals surface area contributed by atoms with Gasteiger partial charge in [-0.1, -0.05) is 5.16 Å². The third kappa shape index (κ3) is 2.20. The minimum absolute atomic E-state index is 0.121. The Kier molecular flexibility index (Phi) is 3.48. The van der Waals surface area contributed by atoms with Crippen molar-refractivity contribution in [2.75, 3.05) is 25.0 Å². The van der Waals surface area contributed by atoms with Crippen LogP contribution in [0.15, 0.2) is 23.5 Å². The first-order valence-corrected chi connectivity index (χ1v) is 7.10. The van der Waals surface area contributed by atoms with Gasteiger partial charge in [-0.3, -0.25) is 4.90 Å². The van der Waals surface area contributed by atoms with E-state index in [1.807, 2.05) is 12.1 Å². The van der Waals surface area contributed by atoms with Crippen molar-refractivity contribution in [1.82, 2.24) is 9.88 Å². The zero-order chi connectivity index (χ0) is 14.1. The molecule has 6 nitrogen and oxygen atoms in total. The number of nitrogens with two attached hydrogens (primary N) is 1. The Bertz CT molecular complexity index is 518. The highest BCUT2D eigenvalue weighted by molar-refractivity contribution is 6.01. The second-order valence-corrected chi connectivity index (χ2v) is 5.64. The molecule has 3 rings (SSSR count). The molecule has 2 unspecified atom stereocenters. The van der Waals surface area contributed by atoms with Crippen molar-refractivity contribution >= 4 is 11.7 Å². The molecule has 2 aliphatic rings. The lowest BCUT2D eigenvalue weighted by Crippen LogP contribution is -2.37. The Morgan fingerprint density at radius 1 is 1.40 bits per heavy atom. The van der Waals surface area contributed by atoms with Crippen molar-refractivity contribution in [3.8, 4) is 0 Å². The number of hydrogen-bond acceptors (Lipinski definition) is 5. The monoisotopic (exact) mass is 275 g/mol. The SMILES string of the molecule is CN1C2CCC1CN(c1ncccc1C(N)=NO)CC2. The van der Waals surface area contributed by atoms with Crippen LogP contribution >= 0.6 is 0 Å². The molecule has 2 bridgehead atoms. The third-order valence-corrected chi connectivity index (χ3v) is 4.62. The summed E-state index contributed by atoms with van der Waals surface area (Å²) in [5, 5.41) is 12.0. The molecule has 20 heavy (non-hydrogen) atoms. The molecule has 6 heteroatoms. The van der Waals surface area contributed by atoms with E-state index in [0.717, 1.165) is 25.3 Å². The fourth-order valence-corrected chi connectivity index (χ4v) is 3.40. The number of likely N-dealkylation sites (N-methyl/N-ethyl adjacent to an activating group) is 1. The number of hydrogen-bond donors (Lipinski definition) is 2. The van der Waals surface area contributed by atoms with Gasteiger partial charge in [-0.05, 0) is 38.4 Å². The molecule has 0 aliphatic carbocycles. The van der Waals surface area contributed by atoms with E-state index >= 15 is 0 Å². The highest BCUT2D eigenvalue weighted by Crippen LogP contribution is 2.31. The Morgan fingerprint density at radius 3 is 3.00 bits per heavy atom. The van der Waals surface area contributed by atoms with Crippen LogP contribution in [0.5, 0.6) is 0 Å². The van der Waals surface area contributed by atoms with Gasteiger partial charge in [0.2, 0.25) is 0 Å². The van der Waals surface area contributed by atoms with Gasteiger partial charge in [0, 0.05) is 31.4 Å². The zero-order valence-corrected chi connectivity index (χ0v) is 11.7. The number of oxime groups is 1. The number of amidine groups is 1. The summed E-state index contributed by atoms with van der Waals surface area (Å²) in [4.78, 5) is 9.22. The fourth-order valence-electron chi connectivity index (χ4n) is 3.40. The van der Waals surface area contributed by atoms with Gasteiger partial charge in [0.15, 0.2) is 5.84 Å². The summed E-state index contributed by atoms with van der Waals surface area (Å²) >= 11 is 0. The lowest BCUT2D eigenvalue weighted by Gasteiger charge is -2.27. The molecule has 0 saturated carbocycles. The number of pyridine rings is 1. The Balaban J connectivity index is 1.90. The highest BCUT2D eigenvalue weighted by atomic mass is 16.4. The molecule has 0 spiro atoms. The van der Waals surface area contributed by atoms with Crippen LogP contribution in [0, 0.1) is 0 Å². The van der Waals surface area contributed by atoms with E-state index in [9.17, 15) is 0 Å². The van der Waals surface area contributed by atoms with Crippen LogP contribution in [0.4, 0.5) is 5.82 Å². The second-order valence-electron chi connectivity index (χ2n) is 5.64. The molecule has 0 amide bonds. The van der Waals surface area contributed by atoms with Gasteiger partial charge in [0.05, 0.1) is 5.56 Å².